The Hall–Kier alpha value is -0.870. The molecular weight excluding hydrogens is 182 g/mol. The highest BCUT2D eigenvalue weighted by atomic mass is 32.1. The zero-order valence-corrected chi connectivity index (χ0v) is 8.27. The number of fused-ring (bicyclic) bond motifs is 1. The molecule has 3 heterocycles. The number of aryl methyl sites for hydroxylation is 1. The van der Waals surface area contributed by atoms with E-state index < -0.39 is 0 Å². The largest absolute Gasteiger partial charge is 0.315 e. The van der Waals surface area contributed by atoms with Gasteiger partial charge in [0.05, 0.1) is 11.4 Å². The maximum Gasteiger partial charge on any atom is 0.194 e. The Labute approximate surface area is 80.4 Å². The van der Waals surface area contributed by atoms with Crippen molar-refractivity contribution >= 4 is 16.3 Å². The van der Waals surface area contributed by atoms with Gasteiger partial charge in [-0.1, -0.05) is 0 Å². The monoisotopic (exact) mass is 193 g/mol. The van der Waals surface area contributed by atoms with Crippen LogP contribution in [0.1, 0.15) is 17.3 Å². The van der Waals surface area contributed by atoms with Crippen molar-refractivity contribution in [3.63, 3.8) is 0 Å². The SMILES string of the molecule is Cc1nc2sccn2c1C1CNC1. The van der Waals surface area contributed by atoms with E-state index >= 15 is 0 Å². The summed E-state index contributed by atoms with van der Waals surface area (Å²) in [5.41, 5.74) is 2.59. The van der Waals surface area contributed by atoms with Crippen molar-refractivity contribution in [2.75, 3.05) is 13.1 Å². The summed E-state index contributed by atoms with van der Waals surface area (Å²) in [7, 11) is 0. The van der Waals surface area contributed by atoms with Crippen LogP contribution >= 0.6 is 11.3 Å². The van der Waals surface area contributed by atoms with Gasteiger partial charge >= 0.3 is 0 Å². The molecule has 0 unspecified atom stereocenters. The first kappa shape index (κ1) is 7.53. The van der Waals surface area contributed by atoms with Gasteiger partial charge in [0, 0.05) is 30.6 Å². The average Bonchev–Trinajstić information content (AvgIpc) is 2.51. The van der Waals surface area contributed by atoms with Gasteiger partial charge in [-0.3, -0.25) is 4.40 Å². The van der Waals surface area contributed by atoms with E-state index in [1.807, 2.05) is 0 Å². The van der Waals surface area contributed by atoms with E-state index in [4.69, 9.17) is 0 Å². The van der Waals surface area contributed by atoms with E-state index in [1.165, 1.54) is 11.4 Å². The number of hydrogen-bond donors (Lipinski definition) is 1. The highest BCUT2D eigenvalue weighted by Gasteiger charge is 2.24. The lowest BCUT2D eigenvalue weighted by atomic mass is 9.98. The van der Waals surface area contributed by atoms with Crippen molar-refractivity contribution in [2.45, 2.75) is 12.8 Å². The molecule has 0 amide bonds. The smallest absolute Gasteiger partial charge is 0.194 e. The van der Waals surface area contributed by atoms with Crippen molar-refractivity contribution in [3.05, 3.63) is 23.0 Å². The van der Waals surface area contributed by atoms with Crippen LogP contribution in [0.2, 0.25) is 0 Å². The van der Waals surface area contributed by atoms with E-state index in [2.05, 4.69) is 33.2 Å². The van der Waals surface area contributed by atoms with Gasteiger partial charge in [0.15, 0.2) is 4.96 Å². The van der Waals surface area contributed by atoms with E-state index in [9.17, 15) is 0 Å². The van der Waals surface area contributed by atoms with Crippen LogP contribution in [0.25, 0.3) is 4.96 Å². The fourth-order valence-electron chi connectivity index (χ4n) is 1.89. The van der Waals surface area contributed by atoms with Crippen LogP contribution in [0.3, 0.4) is 0 Å². The predicted octanol–water partition coefficient (Wildman–Crippen LogP) is 1.39. The first-order valence-corrected chi connectivity index (χ1v) is 5.37. The molecule has 0 spiro atoms. The number of thiazole rings is 1. The fraction of sp³-hybridized carbons (Fsp3) is 0.444. The lowest BCUT2D eigenvalue weighted by Crippen LogP contribution is -2.40. The van der Waals surface area contributed by atoms with Crippen LogP contribution in [-0.2, 0) is 0 Å². The number of aromatic nitrogens is 2. The Kier molecular flexibility index (Phi) is 1.48. The summed E-state index contributed by atoms with van der Waals surface area (Å²) in [6, 6.07) is 0. The molecule has 1 fully saturated rings. The molecule has 68 valence electrons. The number of rotatable bonds is 1. The lowest BCUT2D eigenvalue weighted by Gasteiger charge is -2.27. The zero-order valence-electron chi connectivity index (χ0n) is 7.45. The summed E-state index contributed by atoms with van der Waals surface area (Å²) >= 11 is 1.71. The molecular formula is C9H11N3S. The van der Waals surface area contributed by atoms with E-state index in [-0.39, 0.29) is 0 Å². The molecule has 0 atom stereocenters. The molecule has 3 nitrogen and oxygen atoms in total. The predicted molar refractivity (Wildman–Crippen MR) is 53.4 cm³/mol. The molecule has 0 aromatic carbocycles. The van der Waals surface area contributed by atoms with Gasteiger partial charge in [0.25, 0.3) is 0 Å². The minimum absolute atomic E-state index is 0.671. The minimum atomic E-state index is 0.671. The van der Waals surface area contributed by atoms with Gasteiger partial charge in [-0.25, -0.2) is 4.98 Å². The minimum Gasteiger partial charge on any atom is -0.315 e. The van der Waals surface area contributed by atoms with Gasteiger partial charge in [-0.05, 0) is 6.92 Å². The van der Waals surface area contributed by atoms with Crippen LogP contribution in [0.15, 0.2) is 11.6 Å². The van der Waals surface area contributed by atoms with Crippen LogP contribution in [0.5, 0.6) is 0 Å². The molecule has 1 aliphatic rings. The van der Waals surface area contributed by atoms with Crippen LogP contribution < -0.4 is 5.32 Å². The molecule has 0 bridgehead atoms. The summed E-state index contributed by atoms with van der Waals surface area (Å²) in [4.78, 5) is 5.65. The van der Waals surface area contributed by atoms with Crippen molar-refractivity contribution in [1.29, 1.82) is 0 Å². The summed E-state index contributed by atoms with van der Waals surface area (Å²) < 4.78 is 2.23. The Morgan fingerprint density at radius 3 is 3.15 bits per heavy atom. The summed E-state index contributed by atoms with van der Waals surface area (Å²) in [5.74, 6) is 0.671. The molecule has 3 rings (SSSR count). The lowest BCUT2D eigenvalue weighted by molar-refractivity contribution is 0.436. The van der Waals surface area contributed by atoms with Gasteiger partial charge in [0.1, 0.15) is 0 Å². The van der Waals surface area contributed by atoms with Gasteiger partial charge in [-0.2, -0.15) is 0 Å². The first-order valence-electron chi connectivity index (χ1n) is 4.49. The summed E-state index contributed by atoms with van der Waals surface area (Å²) in [6.07, 6.45) is 2.12. The molecule has 0 radical (unpaired) electrons. The second-order valence-electron chi connectivity index (χ2n) is 3.49. The normalized spacial score (nSPS) is 17.9. The molecule has 4 heteroatoms. The molecule has 1 N–H and O–H groups in total. The second kappa shape index (κ2) is 2.56. The molecule has 0 aliphatic carbocycles. The third-order valence-electron chi connectivity index (χ3n) is 2.65. The average molecular weight is 193 g/mol. The van der Waals surface area contributed by atoms with Gasteiger partial charge in [-0.15, -0.1) is 11.3 Å². The third-order valence-corrected chi connectivity index (χ3v) is 3.41. The maximum absolute atomic E-state index is 4.53. The van der Waals surface area contributed by atoms with Crippen molar-refractivity contribution < 1.29 is 0 Å². The number of nitrogens with zero attached hydrogens (tertiary/aromatic N) is 2. The first-order chi connectivity index (χ1) is 6.36. The number of nitrogens with one attached hydrogen (secondary N) is 1. The molecule has 0 saturated carbocycles. The highest BCUT2D eigenvalue weighted by molar-refractivity contribution is 7.15. The van der Waals surface area contributed by atoms with Crippen molar-refractivity contribution in [3.8, 4) is 0 Å². The second-order valence-corrected chi connectivity index (χ2v) is 4.37. The van der Waals surface area contributed by atoms with E-state index in [0.717, 1.165) is 18.1 Å². The third kappa shape index (κ3) is 0.957. The summed E-state index contributed by atoms with van der Waals surface area (Å²) in [6.45, 7) is 4.31. The van der Waals surface area contributed by atoms with Gasteiger partial charge in [0.2, 0.25) is 0 Å². The van der Waals surface area contributed by atoms with E-state index in [0.29, 0.717) is 5.92 Å². The zero-order chi connectivity index (χ0) is 8.84. The van der Waals surface area contributed by atoms with E-state index in [1.54, 1.807) is 11.3 Å². The quantitative estimate of drug-likeness (QED) is 0.741. The van der Waals surface area contributed by atoms with Crippen molar-refractivity contribution in [1.82, 2.24) is 14.7 Å². The molecule has 1 aliphatic heterocycles. The van der Waals surface area contributed by atoms with Crippen LogP contribution in [0.4, 0.5) is 0 Å². The topological polar surface area (TPSA) is 29.3 Å². The Balaban J connectivity index is 2.22. The molecule has 2 aromatic rings. The standard InChI is InChI=1S/C9H11N3S/c1-6-8(7-4-10-5-7)12-2-3-13-9(12)11-6/h2-3,7,10H,4-5H2,1H3. The molecule has 13 heavy (non-hydrogen) atoms. The fourth-order valence-corrected chi connectivity index (χ4v) is 2.65. The Bertz CT molecular complexity index is 439. The van der Waals surface area contributed by atoms with Crippen LogP contribution in [-0.4, -0.2) is 22.5 Å². The highest BCUT2D eigenvalue weighted by Crippen LogP contribution is 2.26. The Morgan fingerprint density at radius 2 is 2.46 bits per heavy atom. The van der Waals surface area contributed by atoms with Crippen LogP contribution in [0, 0.1) is 6.92 Å². The number of imidazole rings is 1. The number of hydrogen-bond acceptors (Lipinski definition) is 3. The molecule has 1 saturated heterocycles. The maximum atomic E-state index is 4.53. The summed E-state index contributed by atoms with van der Waals surface area (Å²) in [5, 5.41) is 5.39. The molecule has 2 aromatic heterocycles. The Morgan fingerprint density at radius 1 is 1.62 bits per heavy atom. The van der Waals surface area contributed by atoms with Crippen molar-refractivity contribution in [2.24, 2.45) is 0 Å². The van der Waals surface area contributed by atoms with Gasteiger partial charge < -0.3 is 5.32 Å².